The number of halogens is 1. The number of carbonyl (C=O) groups excluding carboxylic acids is 1. The van der Waals surface area contributed by atoms with Crippen molar-refractivity contribution in [3.63, 3.8) is 0 Å². The Morgan fingerprint density at radius 1 is 0.737 bits per heavy atom. The Morgan fingerprint density at radius 2 is 1.26 bits per heavy atom. The number of thiocarbonyl (C=S) groups is 1. The molecule has 0 spiro atoms. The Morgan fingerprint density at radius 3 is 1.79 bits per heavy atom. The second kappa shape index (κ2) is 12.4. The van der Waals surface area contributed by atoms with Gasteiger partial charge in [-0.2, -0.15) is 4.31 Å². The average Bonchev–Trinajstić information content (AvgIpc) is 2.93. The van der Waals surface area contributed by atoms with Crippen molar-refractivity contribution in [1.29, 1.82) is 0 Å². The summed E-state index contributed by atoms with van der Waals surface area (Å²) in [6, 6.07) is 30.1. The van der Waals surface area contributed by atoms with Crippen LogP contribution in [0.15, 0.2) is 114 Å². The maximum absolute atomic E-state index is 13.6. The molecule has 0 aliphatic heterocycles. The first-order valence-electron chi connectivity index (χ1n) is 11.6. The molecule has 38 heavy (non-hydrogen) atoms. The monoisotopic (exact) mass is 548 g/mol. The number of anilines is 1. The Kier molecular flexibility index (Phi) is 8.80. The minimum atomic E-state index is -3.82. The van der Waals surface area contributed by atoms with Crippen LogP contribution in [0.25, 0.3) is 0 Å². The fourth-order valence-corrected chi connectivity index (χ4v) is 5.19. The molecular formula is C28H25FN4O3S2. The summed E-state index contributed by atoms with van der Waals surface area (Å²) in [4.78, 5) is 12.3. The van der Waals surface area contributed by atoms with Gasteiger partial charge in [0.25, 0.3) is 5.91 Å². The summed E-state index contributed by atoms with van der Waals surface area (Å²) in [5.41, 5.74) is 7.52. The van der Waals surface area contributed by atoms with Gasteiger partial charge in [-0.1, -0.05) is 60.7 Å². The van der Waals surface area contributed by atoms with Crippen LogP contribution in [0.3, 0.4) is 0 Å². The molecule has 0 fully saturated rings. The highest BCUT2D eigenvalue weighted by Crippen LogP contribution is 2.23. The van der Waals surface area contributed by atoms with Crippen molar-refractivity contribution in [3.05, 3.63) is 132 Å². The number of hydrogen-bond acceptors (Lipinski definition) is 4. The number of amides is 1. The molecule has 4 aromatic carbocycles. The first kappa shape index (κ1) is 26.9. The van der Waals surface area contributed by atoms with Crippen LogP contribution in [-0.4, -0.2) is 23.7 Å². The van der Waals surface area contributed by atoms with Gasteiger partial charge in [0.15, 0.2) is 5.11 Å². The third-order valence-electron chi connectivity index (χ3n) is 5.55. The van der Waals surface area contributed by atoms with E-state index in [-0.39, 0.29) is 28.7 Å². The van der Waals surface area contributed by atoms with Crippen LogP contribution in [0.4, 0.5) is 10.1 Å². The zero-order valence-electron chi connectivity index (χ0n) is 20.2. The lowest BCUT2D eigenvalue weighted by Gasteiger charge is -2.23. The molecule has 10 heteroatoms. The third kappa shape index (κ3) is 7.22. The van der Waals surface area contributed by atoms with Gasteiger partial charge in [0.05, 0.1) is 4.90 Å². The summed E-state index contributed by atoms with van der Waals surface area (Å²) in [5.74, 6) is -0.937. The van der Waals surface area contributed by atoms with Crippen LogP contribution >= 0.6 is 12.2 Å². The second-order valence-electron chi connectivity index (χ2n) is 8.31. The smallest absolute Gasteiger partial charge is 0.269 e. The maximum Gasteiger partial charge on any atom is 0.269 e. The molecular weight excluding hydrogens is 523 g/mol. The van der Waals surface area contributed by atoms with Gasteiger partial charge in [0.1, 0.15) is 5.82 Å². The Balaban J connectivity index is 1.42. The minimum Gasteiger partial charge on any atom is -0.331 e. The average molecular weight is 549 g/mol. The van der Waals surface area contributed by atoms with E-state index in [0.29, 0.717) is 5.69 Å². The zero-order valence-corrected chi connectivity index (χ0v) is 21.8. The SMILES string of the molecule is O=C(NNC(=S)Nc1ccc(S(=O)(=O)N(Cc2ccccc2)Cc2ccccc2)cc1)c1ccc(F)cc1. The van der Waals surface area contributed by atoms with E-state index in [0.717, 1.165) is 11.1 Å². The quantitative estimate of drug-likeness (QED) is 0.216. The van der Waals surface area contributed by atoms with Crippen molar-refractivity contribution in [1.82, 2.24) is 15.2 Å². The van der Waals surface area contributed by atoms with Gasteiger partial charge in [-0.15, -0.1) is 0 Å². The van der Waals surface area contributed by atoms with Gasteiger partial charge in [-0.3, -0.25) is 15.6 Å². The lowest BCUT2D eigenvalue weighted by Crippen LogP contribution is -2.43. The highest BCUT2D eigenvalue weighted by molar-refractivity contribution is 7.89. The summed E-state index contributed by atoms with van der Waals surface area (Å²) >= 11 is 5.20. The lowest BCUT2D eigenvalue weighted by molar-refractivity contribution is 0.0944. The molecule has 7 nitrogen and oxygen atoms in total. The molecule has 0 radical (unpaired) electrons. The first-order chi connectivity index (χ1) is 18.3. The number of sulfonamides is 1. The van der Waals surface area contributed by atoms with Gasteiger partial charge in [0, 0.05) is 24.3 Å². The fourth-order valence-electron chi connectivity index (χ4n) is 3.61. The number of nitrogens with one attached hydrogen (secondary N) is 3. The van der Waals surface area contributed by atoms with Crippen LogP contribution in [0, 0.1) is 5.82 Å². The predicted molar refractivity (Wildman–Crippen MR) is 149 cm³/mol. The molecule has 0 aliphatic rings. The van der Waals surface area contributed by atoms with Crippen molar-refractivity contribution < 1.29 is 17.6 Å². The molecule has 0 unspecified atom stereocenters. The van der Waals surface area contributed by atoms with Gasteiger partial charge in [-0.25, -0.2) is 12.8 Å². The van der Waals surface area contributed by atoms with Crippen LogP contribution < -0.4 is 16.2 Å². The highest BCUT2D eigenvalue weighted by Gasteiger charge is 2.25. The van der Waals surface area contributed by atoms with Crippen LogP contribution in [0.2, 0.25) is 0 Å². The van der Waals surface area contributed by atoms with Crippen molar-refractivity contribution in [3.8, 4) is 0 Å². The maximum atomic E-state index is 13.6. The molecule has 0 aromatic heterocycles. The van der Waals surface area contributed by atoms with Crippen molar-refractivity contribution in [2.45, 2.75) is 18.0 Å². The predicted octanol–water partition coefficient (Wildman–Crippen LogP) is 4.85. The number of carbonyl (C=O) groups is 1. The molecule has 1 amide bonds. The summed E-state index contributed by atoms with van der Waals surface area (Å²) in [7, 11) is -3.82. The fraction of sp³-hybridized carbons (Fsp3) is 0.0714. The molecule has 4 rings (SSSR count). The Bertz CT molecular complexity index is 1440. The summed E-state index contributed by atoms with van der Waals surface area (Å²) in [6.45, 7) is 0.444. The number of nitrogens with zero attached hydrogens (tertiary/aromatic N) is 1. The zero-order chi connectivity index (χ0) is 27.0. The molecule has 0 heterocycles. The summed E-state index contributed by atoms with van der Waals surface area (Å²) in [5, 5.41) is 2.97. The van der Waals surface area contributed by atoms with Crippen molar-refractivity contribution in [2.24, 2.45) is 0 Å². The molecule has 0 saturated carbocycles. The van der Waals surface area contributed by atoms with E-state index in [9.17, 15) is 17.6 Å². The highest BCUT2D eigenvalue weighted by atomic mass is 32.2. The Hall–Kier alpha value is -4.12. The largest absolute Gasteiger partial charge is 0.331 e. The Labute approximate surface area is 226 Å². The van der Waals surface area contributed by atoms with Gasteiger partial charge in [-0.05, 0) is 71.9 Å². The van der Waals surface area contributed by atoms with Gasteiger partial charge >= 0.3 is 0 Å². The molecule has 4 aromatic rings. The minimum absolute atomic E-state index is 0.0888. The third-order valence-corrected chi connectivity index (χ3v) is 7.56. The van der Waals surface area contributed by atoms with Crippen molar-refractivity contribution >= 4 is 38.9 Å². The van der Waals surface area contributed by atoms with E-state index in [4.69, 9.17) is 12.2 Å². The number of rotatable bonds is 8. The first-order valence-corrected chi connectivity index (χ1v) is 13.5. The summed E-state index contributed by atoms with van der Waals surface area (Å²) < 4.78 is 41.7. The topological polar surface area (TPSA) is 90.5 Å². The van der Waals surface area contributed by atoms with E-state index in [2.05, 4.69) is 16.2 Å². The van der Waals surface area contributed by atoms with Crippen molar-refractivity contribution in [2.75, 3.05) is 5.32 Å². The lowest BCUT2D eigenvalue weighted by atomic mass is 10.2. The molecule has 0 aliphatic carbocycles. The number of hydrogen-bond donors (Lipinski definition) is 3. The normalized spacial score (nSPS) is 11.1. The van der Waals surface area contributed by atoms with Crippen LogP contribution in [0.5, 0.6) is 0 Å². The van der Waals surface area contributed by atoms with E-state index in [1.165, 1.54) is 40.7 Å². The second-order valence-corrected chi connectivity index (χ2v) is 10.7. The molecule has 0 atom stereocenters. The van der Waals surface area contributed by atoms with Gasteiger partial charge < -0.3 is 5.32 Å². The molecule has 3 N–H and O–H groups in total. The van der Waals surface area contributed by atoms with E-state index >= 15 is 0 Å². The standard InChI is InChI=1S/C28H25FN4O3S2/c29-24-13-11-23(12-14-24)27(34)31-32-28(37)30-25-15-17-26(18-16-25)38(35,36)33(19-21-7-3-1-4-8-21)20-22-9-5-2-6-10-22/h1-18H,19-20H2,(H,31,34)(H2,30,32,37). The van der Waals surface area contributed by atoms with E-state index < -0.39 is 21.7 Å². The number of benzene rings is 4. The van der Waals surface area contributed by atoms with Crippen LogP contribution in [-0.2, 0) is 23.1 Å². The molecule has 0 bridgehead atoms. The van der Waals surface area contributed by atoms with Crippen LogP contribution in [0.1, 0.15) is 21.5 Å². The molecule has 194 valence electrons. The van der Waals surface area contributed by atoms with E-state index in [1.54, 1.807) is 12.1 Å². The number of hydrazine groups is 1. The molecule has 0 saturated heterocycles. The van der Waals surface area contributed by atoms with Gasteiger partial charge in [0.2, 0.25) is 10.0 Å². The van der Waals surface area contributed by atoms with E-state index in [1.807, 2.05) is 60.7 Å². The summed E-state index contributed by atoms with van der Waals surface area (Å²) in [6.07, 6.45) is 0.